The Morgan fingerprint density at radius 3 is 0.818 bits per heavy atom. The molecule has 0 aliphatic carbocycles. The van der Waals surface area contributed by atoms with Gasteiger partial charge in [0.05, 0.1) is 12.5 Å². The highest BCUT2D eigenvalue weighted by atomic mass is 16.5. The summed E-state index contributed by atoms with van der Waals surface area (Å²) in [6.45, 7) is 6.94. The lowest BCUT2D eigenvalue weighted by molar-refractivity contribution is -0.148. The molecule has 0 fully saturated rings. The molecule has 0 bridgehead atoms. The number of carbonyl (C=O) groups excluding carboxylic acids is 1. The zero-order valence-corrected chi connectivity index (χ0v) is 31.1. The van der Waals surface area contributed by atoms with Crippen LogP contribution >= 0.6 is 0 Å². The molecule has 0 saturated heterocycles. The van der Waals surface area contributed by atoms with Gasteiger partial charge in [0.1, 0.15) is 0 Å². The predicted molar refractivity (Wildman–Crippen MR) is 198 cm³/mol. The van der Waals surface area contributed by atoms with Gasteiger partial charge in [-0.3, -0.25) is 4.79 Å². The van der Waals surface area contributed by atoms with E-state index in [0.29, 0.717) is 6.61 Å². The Balaban J connectivity index is 3.20. The predicted octanol–water partition coefficient (Wildman–Crippen LogP) is 15.2. The van der Waals surface area contributed by atoms with Gasteiger partial charge in [-0.25, -0.2) is 0 Å². The van der Waals surface area contributed by atoms with Crippen LogP contribution in [-0.4, -0.2) is 12.6 Å². The van der Waals surface area contributed by atoms with E-state index in [0.717, 1.165) is 25.7 Å². The van der Waals surface area contributed by atoms with Crippen LogP contribution in [0.1, 0.15) is 252 Å². The van der Waals surface area contributed by atoms with E-state index in [9.17, 15) is 4.79 Å². The topological polar surface area (TPSA) is 26.3 Å². The monoisotopic (exact) mass is 621 g/mol. The largest absolute Gasteiger partial charge is 0.466 e. The summed E-state index contributed by atoms with van der Waals surface area (Å²) in [5, 5.41) is 0. The van der Waals surface area contributed by atoms with Crippen molar-refractivity contribution in [3.63, 3.8) is 0 Å². The van der Waals surface area contributed by atoms with E-state index in [1.807, 2.05) is 6.92 Å². The molecule has 0 aromatic carbocycles. The zero-order chi connectivity index (χ0) is 32.0. The fourth-order valence-electron chi connectivity index (χ4n) is 6.86. The van der Waals surface area contributed by atoms with E-state index in [1.165, 1.54) is 205 Å². The minimum Gasteiger partial charge on any atom is -0.466 e. The molecule has 1 atom stereocenters. The van der Waals surface area contributed by atoms with Crippen molar-refractivity contribution >= 4 is 5.97 Å². The molecule has 0 aromatic rings. The highest BCUT2D eigenvalue weighted by Gasteiger charge is 2.18. The van der Waals surface area contributed by atoms with Crippen LogP contribution in [-0.2, 0) is 9.53 Å². The number of esters is 1. The van der Waals surface area contributed by atoms with Crippen molar-refractivity contribution in [2.75, 3.05) is 6.61 Å². The highest BCUT2D eigenvalue weighted by molar-refractivity contribution is 5.72. The zero-order valence-electron chi connectivity index (χ0n) is 31.1. The molecule has 0 N–H and O–H groups in total. The average Bonchev–Trinajstić information content (AvgIpc) is 3.03. The van der Waals surface area contributed by atoms with Crippen LogP contribution in [0, 0.1) is 5.92 Å². The van der Waals surface area contributed by atoms with Gasteiger partial charge >= 0.3 is 5.97 Å². The maximum absolute atomic E-state index is 12.1. The summed E-state index contributed by atoms with van der Waals surface area (Å²) in [6.07, 6.45) is 50.5. The molecule has 0 aliphatic heterocycles. The molecular weight excluding hydrogens is 536 g/mol. The van der Waals surface area contributed by atoms with Gasteiger partial charge in [0.25, 0.3) is 0 Å². The SMILES string of the molecule is CCCCCCCCCCCCCCCCCCCCCCCCCCCCCCCCCCC(CCCC)C(=O)OCC. The maximum Gasteiger partial charge on any atom is 0.308 e. The first kappa shape index (κ1) is 43.5. The van der Waals surface area contributed by atoms with Crippen LogP contribution < -0.4 is 0 Å². The third kappa shape index (κ3) is 34.3. The summed E-state index contributed by atoms with van der Waals surface area (Å²) in [6, 6.07) is 0. The number of hydrogen-bond acceptors (Lipinski definition) is 2. The standard InChI is InChI=1S/C42H84O2/c1-4-7-9-10-11-12-13-14-15-16-17-18-19-20-21-22-23-24-25-26-27-28-29-30-31-32-33-34-35-36-37-38-40-41(39-8-5-2)42(43)44-6-3/h41H,4-40H2,1-3H3. The van der Waals surface area contributed by atoms with Gasteiger partial charge in [-0.2, -0.15) is 0 Å². The Bertz CT molecular complexity index is 530. The highest BCUT2D eigenvalue weighted by Crippen LogP contribution is 2.20. The number of rotatable bonds is 38. The smallest absolute Gasteiger partial charge is 0.308 e. The Hall–Kier alpha value is -0.530. The van der Waals surface area contributed by atoms with Crippen LogP contribution in [0.2, 0.25) is 0 Å². The third-order valence-corrected chi connectivity index (χ3v) is 9.93. The minimum absolute atomic E-state index is 0.0432. The number of carbonyl (C=O) groups is 1. The summed E-state index contributed by atoms with van der Waals surface area (Å²) in [5.41, 5.74) is 0. The van der Waals surface area contributed by atoms with Crippen LogP contribution in [0.4, 0.5) is 0 Å². The Labute approximate surface area is 279 Å². The van der Waals surface area contributed by atoms with Crippen LogP contribution in [0.5, 0.6) is 0 Å². The van der Waals surface area contributed by atoms with E-state index in [4.69, 9.17) is 4.74 Å². The van der Waals surface area contributed by atoms with Crippen molar-refractivity contribution in [3.05, 3.63) is 0 Å². The second-order valence-corrected chi connectivity index (χ2v) is 14.3. The van der Waals surface area contributed by atoms with Gasteiger partial charge in [0.2, 0.25) is 0 Å². The number of hydrogen-bond donors (Lipinski definition) is 0. The van der Waals surface area contributed by atoms with E-state index in [1.54, 1.807) is 0 Å². The van der Waals surface area contributed by atoms with Gasteiger partial charge in [-0.05, 0) is 19.8 Å². The lowest BCUT2D eigenvalue weighted by atomic mass is 9.95. The fourth-order valence-corrected chi connectivity index (χ4v) is 6.86. The summed E-state index contributed by atoms with van der Waals surface area (Å²) in [4.78, 5) is 12.1. The quantitative estimate of drug-likeness (QED) is 0.0507. The molecule has 0 spiro atoms. The van der Waals surface area contributed by atoms with Crippen molar-refractivity contribution in [2.24, 2.45) is 5.92 Å². The molecule has 264 valence electrons. The summed E-state index contributed by atoms with van der Waals surface area (Å²) in [7, 11) is 0. The Morgan fingerprint density at radius 2 is 0.568 bits per heavy atom. The molecule has 0 saturated carbocycles. The molecule has 0 rings (SSSR count). The van der Waals surface area contributed by atoms with Crippen LogP contribution in [0.15, 0.2) is 0 Å². The molecule has 0 radical (unpaired) electrons. The number of unbranched alkanes of at least 4 members (excludes halogenated alkanes) is 32. The van der Waals surface area contributed by atoms with Gasteiger partial charge in [0.15, 0.2) is 0 Å². The molecule has 0 aromatic heterocycles. The van der Waals surface area contributed by atoms with E-state index < -0.39 is 0 Å². The maximum atomic E-state index is 12.1. The molecule has 1 unspecified atom stereocenters. The average molecular weight is 621 g/mol. The van der Waals surface area contributed by atoms with Crippen molar-refractivity contribution in [2.45, 2.75) is 252 Å². The normalized spacial score (nSPS) is 12.2. The van der Waals surface area contributed by atoms with Crippen molar-refractivity contribution in [1.82, 2.24) is 0 Å². The van der Waals surface area contributed by atoms with Crippen LogP contribution in [0.25, 0.3) is 0 Å². The molecule has 44 heavy (non-hydrogen) atoms. The summed E-state index contributed by atoms with van der Waals surface area (Å²) >= 11 is 0. The molecule has 0 heterocycles. The lowest BCUT2D eigenvalue weighted by Crippen LogP contribution is -2.17. The first-order valence-electron chi connectivity index (χ1n) is 20.9. The van der Waals surface area contributed by atoms with Crippen molar-refractivity contribution in [3.8, 4) is 0 Å². The summed E-state index contributed by atoms with van der Waals surface area (Å²) < 4.78 is 5.28. The van der Waals surface area contributed by atoms with E-state index >= 15 is 0 Å². The second kappa shape index (κ2) is 38.7. The van der Waals surface area contributed by atoms with Crippen molar-refractivity contribution in [1.29, 1.82) is 0 Å². The van der Waals surface area contributed by atoms with Gasteiger partial charge in [-0.1, -0.05) is 232 Å². The van der Waals surface area contributed by atoms with E-state index in [-0.39, 0.29) is 11.9 Å². The van der Waals surface area contributed by atoms with Gasteiger partial charge < -0.3 is 4.74 Å². The van der Waals surface area contributed by atoms with Gasteiger partial charge in [0, 0.05) is 0 Å². The third-order valence-electron chi connectivity index (χ3n) is 9.93. The molecule has 2 nitrogen and oxygen atoms in total. The van der Waals surface area contributed by atoms with E-state index in [2.05, 4.69) is 13.8 Å². The van der Waals surface area contributed by atoms with Gasteiger partial charge in [-0.15, -0.1) is 0 Å². The second-order valence-electron chi connectivity index (χ2n) is 14.3. The Kier molecular flexibility index (Phi) is 38.2. The van der Waals surface area contributed by atoms with Crippen molar-refractivity contribution < 1.29 is 9.53 Å². The molecule has 2 heteroatoms. The minimum atomic E-state index is 0.0432. The molecule has 0 amide bonds. The molecular formula is C42H84O2. The Morgan fingerprint density at radius 1 is 0.341 bits per heavy atom. The first-order chi connectivity index (χ1) is 21.8. The molecule has 0 aliphatic rings. The lowest BCUT2D eigenvalue weighted by Gasteiger charge is -2.15. The number of ether oxygens (including phenoxy) is 1. The summed E-state index contributed by atoms with van der Waals surface area (Å²) in [5.74, 6) is 0.185. The van der Waals surface area contributed by atoms with Crippen LogP contribution in [0.3, 0.4) is 0 Å². The fraction of sp³-hybridized carbons (Fsp3) is 0.976. The first-order valence-corrected chi connectivity index (χ1v) is 20.9.